The molecule has 0 saturated heterocycles. The number of aromatic amines is 1. The van der Waals surface area contributed by atoms with Gasteiger partial charge in [0.2, 0.25) is 0 Å². The first-order valence-electron chi connectivity index (χ1n) is 9.24. The van der Waals surface area contributed by atoms with Crippen LogP contribution in [-0.4, -0.2) is 34.2 Å². The van der Waals surface area contributed by atoms with Crippen LogP contribution in [0.2, 0.25) is 0 Å². The standard InChI is InChI=1S/C21H22N4O4/c1-3-7-19-23-24-21(27)25(19)22-14-16-10-11-17(28-2)18(12-16)29-20(26)13-15-8-5-4-6-9-15/h4-6,8-12,14H,3,7,13H2,1-2H3,(H,24,27)/b22-14+. The number of nitrogens with zero attached hydrogens (tertiary/aromatic N) is 3. The molecule has 0 atom stereocenters. The van der Waals surface area contributed by atoms with Gasteiger partial charge in [-0.2, -0.15) is 14.9 Å². The first kappa shape index (κ1) is 20.1. The molecule has 1 heterocycles. The second kappa shape index (κ2) is 9.50. The van der Waals surface area contributed by atoms with Gasteiger partial charge in [0.05, 0.1) is 19.7 Å². The Kier molecular flexibility index (Phi) is 6.57. The number of methoxy groups -OCH3 is 1. The summed E-state index contributed by atoms with van der Waals surface area (Å²) in [5.41, 5.74) is 1.09. The molecule has 0 saturated carbocycles. The number of ether oxygens (including phenoxy) is 2. The second-order valence-corrected chi connectivity index (χ2v) is 6.30. The average molecular weight is 394 g/mol. The molecule has 0 aliphatic rings. The normalized spacial score (nSPS) is 11.0. The van der Waals surface area contributed by atoms with Crippen LogP contribution < -0.4 is 15.2 Å². The smallest absolute Gasteiger partial charge is 0.364 e. The topological polar surface area (TPSA) is 98.6 Å². The second-order valence-electron chi connectivity index (χ2n) is 6.30. The lowest BCUT2D eigenvalue weighted by atomic mass is 10.1. The molecule has 3 rings (SSSR count). The van der Waals surface area contributed by atoms with E-state index in [-0.39, 0.29) is 12.2 Å². The van der Waals surface area contributed by atoms with E-state index in [1.165, 1.54) is 18.0 Å². The number of carbonyl (C=O) groups excluding carboxylic acids is 1. The monoisotopic (exact) mass is 394 g/mol. The van der Waals surface area contributed by atoms with Crippen LogP contribution in [0.25, 0.3) is 0 Å². The molecule has 3 aromatic rings. The molecule has 0 fully saturated rings. The maximum absolute atomic E-state index is 12.3. The van der Waals surface area contributed by atoms with Crippen molar-refractivity contribution in [3.63, 3.8) is 0 Å². The Bertz CT molecular complexity index is 1050. The summed E-state index contributed by atoms with van der Waals surface area (Å²) in [6, 6.07) is 14.4. The van der Waals surface area contributed by atoms with Gasteiger partial charge < -0.3 is 9.47 Å². The summed E-state index contributed by atoms with van der Waals surface area (Å²) in [5.74, 6) is 0.859. The number of nitrogens with one attached hydrogen (secondary N) is 1. The van der Waals surface area contributed by atoms with Crippen LogP contribution in [0.15, 0.2) is 58.4 Å². The third-order valence-electron chi connectivity index (χ3n) is 4.12. The SMILES string of the molecule is CCCc1n[nH]c(=O)n1/N=C/c1ccc(OC)c(OC(=O)Cc2ccccc2)c1. The summed E-state index contributed by atoms with van der Waals surface area (Å²) in [7, 11) is 1.50. The van der Waals surface area contributed by atoms with E-state index in [1.807, 2.05) is 37.3 Å². The van der Waals surface area contributed by atoms with Crippen molar-refractivity contribution in [2.24, 2.45) is 5.10 Å². The zero-order valence-electron chi connectivity index (χ0n) is 16.3. The fraction of sp³-hybridized carbons (Fsp3) is 0.238. The molecule has 0 spiro atoms. The number of H-pyrrole nitrogens is 1. The van der Waals surface area contributed by atoms with Gasteiger partial charge in [0.25, 0.3) is 0 Å². The molecule has 0 amide bonds. The number of hydrogen-bond donors (Lipinski definition) is 1. The highest BCUT2D eigenvalue weighted by atomic mass is 16.6. The predicted octanol–water partition coefficient (Wildman–Crippen LogP) is 2.56. The van der Waals surface area contributed by atoms with Gasteiger partial charge in [-0.25, -0.2) is 9.89 Å². The molecule has 0 radical (unpaired) electrons. The molecule has 0 aliphatic carbocycles. The van der Waals surface area contributed by atoms with Gasteiger partial charge in [-0.05, 0) is 35.7 Å². The lowest BCUT2D eigenvalue weighted by molar-refractivity contribution is -0.133. The van der Waals surface area contributed by atoms with Gasteiger partial charge in [0.1, 0.15) is 0 Å². The van der Waals surface area contributed by atoms with E-state index in [4.69, 9.17) is 9.47 Å². The van der Waals surface area contributed by atoms with Crippen molar-refractivity contribution in [3.8, 4) is 11.5 Å². The zero-order chi connectivity index (χ0) is 20.6. The van der Waals surface area contributed by atoms with E-state index in [0.717, 1.165) is 12.0 Å². The van der Waals surface area contributed by atoms with E-state index in [9.17, 15) is 9.59 Å². The van der Waals surface area contributed by atoms with Gasteiger partial charge in [0.15, 0.2) is 17.3 Å². The number of carbonyl (C=O) groups is 1. The third kappa shape index (κ3) is 5.19. The Morgan fingerprint density at radius 3 is 2.72 bits per heavy atom. The minimum absolute atomic E-state index is 0.146. The van der Waals surface area contributed by atoms with E-state index in [0.29, 0.717) is 23.6 Å². The number of rotatable bonds is 8. The largest absolute Gasteiger partial charge is 0.493 e. The summed E-state index contributed by atoms with van der Waals surface area (Å²) in [4.78, 5) is 24.2. The van der Waals surface area contributed by atoms with E-state index < -0.39 is 11.7 Å². The fourth-order valence-corrected chi connectivity index (χ4v) is 2.73. The molecular weight excluding hydrogens is 372 g/mol. The number of esters is 1. The lowest BCUT2D eigenvalue weighted by Crippen LogP contribution is -2.15. The van der Waals surface area contributed by atoms with E-state index in [1.54, 1.807) is 18.2 Å². The summed E-state index contributed by atoms with van der Waals surface area (Å²) in [6.45, 7) is 1.99. The summed E-state index contributed by atoms with van der Waals surface area (Å²) >= 11 is 0. The molecular formula is C21H22N4O4. The van der Waals surface area contributed by atoms with E-state index >= 15 is 0 Å². The van der Waals surface area contributed by atoms with Crippen LogP contribution in [0, 0.1) is 0 Å². The van der Waals surface area contributed by atoms with Crippen molar-refractivity contribution in [2.45, 2.75) is 26.2 Å². The molecule has 2 aromatic carbocycles. The Labute approximate surface area is 167 Å². The van der Waals surface area contributed by atoms with Gasteiger partial charge in [-0.1, -0.05) is 37.3 Å². The molecule has 8 heteroatoms. The maximum Gasteiger partial charge on any atom is 0.364 e. The lowest BCUT2D eigenvalue weighted by Gasteiger charge is -2.10. The molecule has 8 nitrogen and oxygen atoms in total. The Morgan fingerprint density at radius 2 is 2.00 bits per heavy atom. The van der Waals surface area contributed by atoms with Gasteiger partial charge in [-0.15, -0.1) is 0 Å². The van der Waals surface area contributed by atoms with Crippen LogP contribution in [0.1, 0.15) is 30.3 Å². The molecule has 0 bridgehead atoms. The van der Waals surface area contributed by atoms with Gasteiger partial charge >= 0.3 is 11.7 Å². The Balaban J connectivity index is 1.79. The maximum atomic E-state index is 12.3. The van der Waals surface area contributed by atoms with Crippen LogP contribution in [0.5, 0.6) is 11.5 Å². The fourth-order valence-electron chi connectivity index (χ4n) is 2.73. The summed E-state index contributed by atoms with van der Waals surface area (Å²) < 4.78 is 12.0. The number of aryl methyl sites for hydroxylation is 1. The van der Waals surface area contributed by atoms with Gasteiger partial charge in [0, 0.05) is 6.42 Å². The minimum atomic E-state index is -0.410. The molecule has 1 N–H and O–H groups in total. The first-order chi connectivity index (χ1) is 14.1. The van der Waals surface area contributed by atoms with Crippen LogP contribution in [0.4, 0.5) is 0 Å². The predicted molar refractivity (Wildman–Crippen MR) is 109 cm³/mol. The van der Waals surface area contributed by atoms with Crippen LogP contribution in [0.3, 0.4) is 0 Å². The quantitative estimate of drug-likeness (QED) is 0.360. The third-order valence-corrected chi connectivity index (χ3v) is 4.12. The minimum Gasteiger partial charge on any atom is -0.493 e. The molecule has 150 valence electrons. The highest BCUT2D eigenvalue weighted by molar-refractivity contribution is 5.82. The van der Waals surface area contributed by atoms with Gasteiger partial charge in [-0.3, -0.25) is 4.79 Å². The molecule has 0 aliphatic heterocycles. The first-order valence-corrected chi connectivity index (χ1v) is 9.24. The average Bonchev–Trinajstić information content (AvgIpc) is 3.07. The van der Waals surface area contributed by atoms with Crippen molar-refractivity contribution >= 4 is 12.2 Å². The van der Waals surface area contributed by atoms with Crippen molar-refractivity contribution in [2.75, 3.05) is 7.11 Å². The van der Waals surface area contributed by atoms with Crippen LogP contribution >= 0.6 is 0 Å². The van der Waals surface area contributed by atoms with Crippen LogP contribution in [-0.2, 0) is 17.6 Å². The van der Waals surface area contributed by atoms with E-state index in [2.05, 4.69) is 15.3 Å². The molecule has 1 aromatic heterocycles. The summed E-state index contributed by atoms with van der Waals surface area (Å²) in [6.07, 6.45) is 3.11. The number of benzene rings is 2. The molecule has 0 unspecified atom stereocenters. The zero-order valence-corrected chi connectivity index (χ0v) is 16.3. The highest BCUT2D eigenvalue weighted by Crippen LogP contribution is 2.28. The Hall–Kier alpha value is -3.68. The highest BCUT2D eigenvalue weighted by Gasteiger charge is 2.12. The number of hydrogen-bond acceptors (Lipinski definition) is 6. The molecule has 29 heavy (non-hydrogen) atoms. The van der Waals surface area contributed by atoms with Crippen molar-refractivity contribution < 1.29 is 14.3 Å². The van der Waals surface area contributed by atoms with Crippen molar-refractivity contribution in [1.29, 1.82) is 0 Å². The Morgan fingerprint density at radius 1 is 1.21 bits per heavy atom. The summed E-state index contributed by atoms with van der Waals surface area (Å²) in [5, 5.41) is 10.6. The van der Waals surface area contributed by atoms with Crippen molar-refractivity contribution in [1.82, 2.24) is 14.9 Å². The van der Waals surface area contributed by atoms with Crippen molar-refractivity contribution in [3.05, 3.63) is 76.0 Å². The number of aromatic nitrogens is 3.